The van der Waals surface area contributed by atoms with E-state index in [0.717, 1.165) is 45.4 Å². The summed E-state index contributed by atoms with van der Waals surface area (Å²) in [7, 11) is 1.61. The molecule has 5 nitrogen and oxygen atoms in total. The molecule has 0 spiro atoms. The SMILES string of the molecule is COc1ccc(C)cc1NC(=O)CSc1nc(C)nc2sc3c(c12)CC[C@@H](C)C3. The molecule has 2 aromatic heterocycles. The molecule has 0 saturated carbocycles. The summed E-state index contributed by atoms with van der Waals surface area (Å²) in [4.78, 5) is 24.5. The van der Waals surface area contributed by atoms with Gasteiger partial charge in [0.25, 0.3) is 0 Å². The lowest BCUT2D eigenvalue weighted by Gasteiger charge is -2.18. The first-order valence-electron chi connectivity index (χ1n) is 9.80. The van der Waals surface area contributed by atoms with Gasteiger partial charge in [0.15, 0.2) is 0 Å². The van der Waals surface area contributed by atoms with Gasteiger partial charge in [-0.15, -0.1) is 11.3 Å². The van der Waals surface area contributed by atoms with Crippen molar-refractivity contribution in [2.24, 2.45) is 5.92 Å². The zero-order chi connectivity index (χ0) is 20.5. The van der Waals surface area contributed by atoms with Crippen molar-refractivity contribution in [3.8, 4) is 5.75 Å². The number of hydrogen-bond donors (Lipinski definition) is 1. The first kappa shape index (κ1) is 20.2. The number of nitrogens with one attached hydrogen (secondary N) is 1. The Balaban J connectivity index is 1.55. The average Bonchev–Trinajstić information content (AvgIpc) is 3.03. The summed E-state index contributed by atoms with van der Waals surface area (Å²) in [6, 6.07) is 5.75. The van der Waals surface area contributed by atoms with Crippen molar-refractivity contribution in [2.75, 3.05) is 18.2 Å². The summed E-state index contributed by atoms with van der Waals surface area (Å²) in [5.74, 6) is 2.36. The van der Waals surface area contributed by atoms with Crippen molar-refractivity contribution >= 4 is 44.9 Å². The van der Waals surface area contributed by atoms with Gasteiger partial charge in [-0.1, -0.05) is 24.8 Å². The van der Waals surface area contributed by atoms with Crippen LogP contribution >= 0.6 is 23.1 Å². The predicted octanol–water partition coefficient (Wildman–Crippen LogP) is 5.17. The zero-order valence-electron chi connectivity index (χ0n) is 17.2. The lowest BCUT2D eigenvalue weighted by atomic mass is 9.89. The van der Waals surface area contributed by atoms with Crippen LogP contribution in [0.5, 0.6) is 5.75 Å². The summed E-state index contributed by atoms with van der Waals surface area (Å²) >= 11 is 3.28. The molecule has 0 aliphatic heterocycles. The minimum Gasteiger partial charge on any atom is -0.495 e. The van der Waals surface area contributed by atoms with Crippen LogP contribution in [0.2, 0.25) is 0 Å². The minimum absolute atomic E-state index is 0.0685. The van der Waals surface area contributed by atoms with Gasteiger partial charge in [-0.2, -0.15) is 0 Å². The fraction of sp³-hybridized carbons (Fsp3) is 0.409. The van der Waals surface area contributed by atoms with Crippen LogP contribution < -0.4 is 10.1 Å². The van der Waals surface area contributed by atoms with Crippen molar-refractivity contribution in [3.63, 3.8) is 0 Å². The van der Waals surface area contributed by atoms with Gasteiger partial charge in [-0.3, -0.25) is 4.79 Å². The lowest BCUT2D eigenvalue weighted by molar-refractivity contribution is -0.113. The number of carbonyl (C=O) groups is 1. The highest BCUT2D eigenvalue weighted by Crippen LogP contribution is 2.41. The molecule has 1 aliphatic rings. The highest BCUT2D eigenvalue weighted by molar-refractivity contribution is 8.00. The highest BCUT2D eigenvalue weighted by atomic mass is 32.2. The van der Waals surface area contributed by atoms with Crippen molar-refractivity contribution in [1.82, 2.24) is 9.97 Å². The summed E-state index contributed by atoms with van der Waals surface area (Å²) in [5.41, 5.74) is 3.16. The van der Waals surface area contributed by atoms with E-state index in [-0.39, 0.29) is 5.91 Å². The molecule has 152 valence electrons. The number of nitrogens with zero attached hydrogens (tertiary/aromatic N) is 2. The van der Waals surface area contributed by atoms with E-state index in [1.807, 2.05) is 32.0 Å². The first-order valence-corrected chi connectivity index (χ1v) is 11.6. The molecule has 1 aliphatic carbocycles. The summed E-state index contributed by atoms with van der Waals surface area (Å²) in [6.07, 6.45) is 3.39. The molecular formula is C22H25N3O2S2. The lowest BCUT2D eigenvalue weighted by Crippen LogP contribution is -2.15. The summed E-state index contributed by atoms with van der Waals surface area (Å²) in [5, 5.41) is 5.05. The molecule has 29 heavy (non-hydrogen) atoms. The van der Waals surface area contributed by atoms with Crippen LogP contribution in [0, 0.1) is 19.8 Å². The third-order valence-corrected chi connectivity index (χ3v) is 7.33. The van der Waals surface area contributed by atoms with E-state index in [2.05, 4.69) is 22.2 Å². The molecule has 1 N–H and O–H groups in total. The molecular weight excluding hydrogens is 402 g/mol. The Bertz CT molecular complexity index is 1080. The second-order valence-corrected chi connectivity index (χ2v) is 9.70. The van der Waals surface area contributed by atoms with Gasteiger partial charge in [0, 0.05) is 10.3 Å². The van der Waals surface area contributed by atoms with Gasteiger partial charge >= 0.3 is 0 Å². The standard InChI is InChI=1S/C22H25N3O2S2/c1-12-6-8-17(27-4)16(9-12)25-19(26)11-28-21-20-15-7-5-13(2)10-18(15)29-22(20)24-14(3)23-21/h6,8-9,13H,5,7,10-11H2,1-4H3,(H,25,26)/t13-/m1/s1. The number of thiophene rings is 1. The molecule has 2 heterocycles. The fourth-order valence-electron chi connectivity index (χ4n) is 3.75. The van der Waals surface area contributed by atoms with Gasteiger partial charge in [0.2, 0.25) is 5.91 Å². The number of carbonyl (C=O) groups excluding carboxylic acids is 1. The Kier molecular flexibility index (Phi) is 5.79. The number of aromatic nitrogens is 2. The number of anilines is 1. The van der Waals surface area contributed by atoms with E-state index >= 15 is 0 Å². The second-order valence-electron chi connectivity index (χ2n) is 7.65. The molecule has 0 bridgehead atoms. The Hall–Kier alpha value is -2.12. The maximum atomic E-state index is 12.6. The smallest absolute Gasteiger partial charge is 0.234 e. The molecule has 0 radical (unpaired) electrons. The number of methoxy groups -OCH3 is 1. The van der Waals surface area contributed by atoms with E-state index in [9.17, 15) is 4.79 Å². The maximum absolute atomic E-state index is 12.6. The topological polar surface area (TPSA) is 64.1 Å². The van der Waals surface area contributed by atoms with Crippen molar-refractivity contribution in [2.45, 2.75) is 45.1 Å². The van der Waals surface area contributed by atoms with Gasteiger partial charge in [0.05, 0.1) is 18.6 Å². The largest absolute Gasteiger partial charge is 0.495 e. The Morgan fingerprint density at radius 3 is 2.97 bits per heavy atom. The molecule has 1 aromatic carbocycles. The summed E-state index contributed by atoms with van der Waals surface area (Å²) < 4.78 is 5.36. The number of thioether (sulfide) groups is 1. The zero-order valence-corrected chi connectivity index (χ0v) is 18.8. The van der Waals surface area contributed by atoms with Gasteiger partial charge in [-0.05, 0) is 62.3 Å². The normalized spacial score (nSPS) is 15.9. The van der Waals surface area contributed by atoms with E-state index in [0.29, 0.717) is 17.2 Å². The van der Waals surface area contributed by atoms with E-state index in [1.54, 1.807) is 18.4 Å². The van der Waals surface area contributed by atoms with Crippen molar-refractivity contribution in [3.05, 3.63) is 40.0 Å². The number of ether oxygens (including phenoxy) is 1. The number of aryl methyl sites for hydroxylation is 3. The molecule has 1 atom stereocenters. The molecule has 1 amide bonds. The third kappa shape index (κ3) is 4.26. The molecule has 0 saturated heterocycles. The van der Waals surface area contributed by atoms with Gasteiger partial charge < -0.3 is 10.1 Å². The van der Waals surface area contributed by atoms with E-state index < -0.39 is 0 Å². The first-order chi connectivity index (χ1) is 13.9. The minimum atomic E-state index is -0.0685. The van der Waals surface area contributed by atoms with Crippen LogP contribution in [-0.4, -0.2) is 28.7 Å². The maximum Gasteiger partial charge on any atom is 0.234 e. The molecule has 4 rings (SSSR count). The highest BCUT2D eigenvalue weighted by Gasteiger charge is 2.24. The molecule has 0 unspecified atom stereocenters. The molecule has 3 aromatic rings. The van der Waals surface area contributed by atoms with Crippen LogP contribution in [-0.2, 0) is 17.6 Å². The predicted molar refractivity (Wildman–Crippen MR) is 120 cm³/mol. The van der Waals surface area contributed by atoms with E-state index in [1.165, 1.54) is 28.6 Å². The van der Waals surface area contributed by atoms with Crippen LogP contribution in [0.1, 0.15) is 35.2 Å². The van der Waals surface area contributed by atoms with Crippen LogP contribution in [0.3, 0.4) is 0 Å². The van der Waals surface area contributed by atoms with Gasteiger partial charge in [0.1, 0.15) is 21.4 Å². The quantitative estimate of drug-likeness (QED) is 0.449. The fourth-order valence-corrected chi connectivity index (χ4v) is 6.15. The van der Waals surface area contributed by atoms with Crippen LogP contribution in [0.25, 0.3) is 10.2 Å². The van der Waals surface area contributed by atoms with Crippen molar-refractivity contribution < 1.29 is 9.53 Å². The average molecular weight is 428 g/mol. The monoisotopic (exact) mass is 427 g/mol. The number of rotatable bonds is 5. The number of benzene rings is 1. The Morgan fingerprint density at radius 2 is 2.17 bits per heavy atom. The van der Waals surface area contributed by atoms with Gasteiger partial charge in [-0.25, -0.2) is 9.97 Å². The van der Waals surface area contributed by atoms with Crippen LogP contribution in [0.4, 0.5) is 5.69 Å². The number of hydrogen-bond acceptors (Lipinski definition) is 6. The molecule has 0 fully saturated rings. The number of fused-ring (bicyclic) bond motifs is 3. The number of amides is 1. The van der Waals surface area contributed by atoms with Crippen molar-refractivity contribution in [1.29, 1.82) is 0 Å². The Morgan fingerprint density at radius 1 is 1.34 bits per heavy atom. The van der Waals surface area contributed by atoms with Crippen LogP contribution in [0.15, 0.2) is 23.2 Å². The van der Waals surface area contributed by atoms with E-state index in [4.69, 9.17) is 4.74 Å². The molecule has 7 heteroatoms. The summed E-state index contributed by atoms with van der Waals surface area (Å²) in [6.45, 7) is 6.22. The third-order valence-electron chi connectivity index (χ3n) is 5.20. The second kappa shape index (κ2) is 8.32. The Labute approximate surface area is 179 Å².